The number of nitrogens with one attached hydrogen (secondary N) is 1. The normalized spacial score (nSPS) is 11.6. The Hall–Kier alpha value is -2.57. The lowest BCUT2D eigenvalue weighted by atomic mass is 9.99. The number of rotatable bonds is 7. The van der Waals surface area contributed by atoms with Crippen LogP contribution in [0.15, 0.2) is 48.5 Å². The van der Waals surface area contributed by atoms with Crippen LogP contribution >= 0.6 is 11.6 Å². The van der Waals surface area contributed by atoms with Gasteiger partial charge in [-0.3, -0.25) is 4.79 Å². The number of primary amides is 1. The monoisotopic (exact) mass is 362 g/mol. The summed E-state index contributed by atoms with van der Waals surface area (Å²) in [5.74, 6) is -0.515. The molecule has 0 saturated heterocycles. The Bertz CT molecular complexity index is 751. The van der Waals surface area contributed by atoms with Gasteiger partial charge in [-0.2, -0.15) is 0 Å². The van der Waals surface area contributed by atoms with Crippen molar-refractivity contribution in [2.75, 3.05) is 20.3 Å². The lowest BCUT2D eigenvalue weighted by molar-refractivity contribution is 0.0805. The van der Waals surface area contributed by atoms with Gasteiger partial charge in [0.05, 0.1) is 13.7 Å². The smallest absolute Gasteiger partial charge is 0.406 e. The number of hydrogen-bond donors (Lipinski definition) is 2. The fourth-order valence-corrected chi connectivity index (χ4v) is 2.51. The molecule has 0 aliphatic rings. The Morgan fingerprint density at radius 1 is 1.16 bits per heavy atom. The van der Waals surface area contributed by atoms with E-state index < -0.39 is 18.1 Å². The number of hydrogen-bond acceptors (Lipinski definition) is 4. The van der Waals surface area contributed by atoms with Gasteiger partial charge in [-0.05, 0) is 35.4 Å². The number of carbonyl (C=O) groups is 2. The van der Waals surface area contributed by atoms with Gasteiger partial charge in [0.1, 0.15) is 6.10 Å². The van der Waals surface area contributed by atoms with Crippen molar-refractivity contribution in [1.29, 1.82) is 0 Å². The first kappa shape index (κ1) is 18.8. The Morgan fingerprint density at radius 2 is 1.84 bits per heavy atom. The summed E-state index contributed by atoms with van der Waals surface area (Å²) in [7, 11) is 1.29. The average molecular weight is 363 g/mol. The van der Waals surface area contributed by atoms with Crippen LogP contribution in [0.3, 0.4) is 0 Å². The molecule has 0 spiro atoms. The van der Waals surface area contributed by atoms with E-state index in [1.165, 1.54) is 7.11 Å². The summed E-state index contributed by atoms with van der Waals surface area (Å²) in [6, 6.07) is 14.1. The highest BCUT2D eigenvalue weighted by molar-refractivity contribution is 6.30. The third-order valence-electron chi connectivity index (χ3n) is 3.47. The molecule has 0 radical (unpaired) electrons. The van der Waals surface area contributed by atoms with E-state index in [0.717, 1.165) is 11.1 Å². The Labute approximate surface area is 150 Å². The average Bonchev–Trinajstić information content (AvgIpc) is 2.61. The molecule has 0 bridgehead atoms. The minimum Gasteiger partial charge on any atom is -0.453 e. The minimum atomic E-state index is -0.529. The lowest BCUT2D eigenvalue weighted by Crippen LogP contribution is -2.27. The van der Waals surface area contributed by atoms with Crippen LogP contribution in [-0.2, 0) is 9.47 Å². The summed E-state index contributed by atoms with van der Waals surface area (Å²) < 4.78 is 10.4. The van der Waals surface area contributed by atoms with Crippen LogP contribution in [0.25, 0.3) is 0 Å². The molecule has 0 aromatic heterocycles. The molecule has 0 unspecified atom stereocenters. The second kappa shape index (κ2) is 9.05. The SMILES string of the molecule is COC(=O)NCCO[C@H](c1cccc(Cl)c1)c1cccc(C(N)=O)c1. The van der Waals surface area contributed by atoms with Crippen molar-refractivity contribution in [3.63, 3.8) is 0 Å². The van der Waals surface area contributed by atoms with Crippen molar-refractivity contribution in [2.24, 2.45) is 5.73 Å². The molecule has 3 N–H and O–H groups in total. The van der Waals surface area contributed by atoms with E-state index in [2.05, 4.69) is 10.1 Å². The zero-order valence-electron chi connectivity index (χ0n) is 13.7. The Balaban J connectivity index is 2.21. The second-order valence-electron chi connectivity index (χ2n) is 5.21. The van der Waals surface area contributed by atoms with Crippen LogP contribution < -0.4 is 11.1 Å². The van der Waals surface area contributed by atoms with Crippen molar-refractivity contribution < 1.29 is 19.1 Å². The third-order valence-corrected chi connectivity index (χ3v) is 3.70. The first-order chi connectivity index (χ1) is 12.0. The number of methoxy groups -OCH3 is 1. The highest BCUT2D eigenvalue weighted by atomic mass is 35.5. The molecule has 2 aromatic carbocycles. The summed E-state index contributed by atoms with van der Waals surface area (Å²) in [6.07, 6.45) is -0.990. The number of carbonyl (C=O) groups excluding carboxylic acids is 2. The van der Waals surface area contributed by atoms with E-state index in [1.54, 1.807) is 30.3 Å². The maximum atomic E-state index is 11.4. The summed E-state index contributed by atoms with van der Waals surface area (Å²) >= 11 is 6.08. The summed E-state index contributed by atoms with van der Waals surface area (Å²) in [6.45, 7) is 0.520. The predicted molar refractivity (Wildman–Crippen MR) is 94.6 cm³/mol. The molecule has 2 rings (SSSR count). The molecule has 7 heteroatoms. The summed E-state index contributed by atoms with van der Waals surface area (Å²) in [4.78, 5) is 22.5. The fourth-order valence-electron chi connectivity index (χ4n) is 2.31. The standard InChI is InChI=1S/C18H19ClN2O4/c1-24-18(23)21-8-9-25-16(13-5-3-7-15(19)11-13)12-4-2-6-14(10-12)17(20)22/h2-7,10-11,16H,8-9H2,1H3,(H2,20,22)(H,21,23)/t16-/m0/s1. The van der Waals surface area contributed by atoms with E-state index in [0.29, 0.717) is 10.6 Å². The molecule has 1 atom stereocenters. The number of amides is 2. The van der Waals surface area contributed by atoms with Gasteiger partial charge in [-0.25, -0.2) is 4.79 Å². The van der Waals surface area contributed by atoms with Gasteiger partial charge in [0, 0.05) is 17.1 Å². The molecular weight excluding hydrogens is 344 g/mol. The van der Waals surface area contributed by atoms with Gasteiger partial charge in [0.2, 0.25) is 5.91 Å². The molecule has 6 nitrogen and oxygen atoms in total. The Kier molecular flexibility index (Phi) is 6.80. The first-order valence-corrected chi connectivity index (χ1v) is 7.97. The second-order valence-corrected chi connectivity index (χ2v) is 5.65. The van der Waals surface area contributed by atoms with E-state index in [1.807, 2.05) is 18.2 Å². The lowest BCUT2D eigenvalue weighted by Gasteiger charge is -2.20. The van der Waals surface area contributed by atoms with Gasteiger partial charge in [0.25, 0.3) is 0 Å². The molecular formula is C18H19ClN2O4. The van der Waals surface area contributed by atoms with Crippen molar-refractivity contribution >= 4 is 23.6 Å². The van der Waals surface area contributed by atoms with Gasteiger partial charge < -0.3 is 20.5 Å². The van der Waals surface area contributed by atoms with Crippen molar-refractivity contribution in [1.82, 2.24) is 5.32 Å². The zero-order valence-corrected chi connectivity index (χ0v) is 14.5. The summed E-state index contributed by atoms with van der Waals surface area (Å²) in [5.41, 5.74) is 7.33. The van der Waals surface area contributed by atoms with E-state index in [-0.39, 0.29) is 13.2 Å². The largest absolute Gasteiger partial charge is 0.453 e. The minimum absolute atomic E-state index is 0.243. The van der Waals surface area contributed by atoms with E-state index >= 15 is 0 Å². The summed E-state index contributed by atoms with van der Waals surface area (Å²) in [5, 5.41) is 3.12. The van der Waals surface area contributed by atoms with Gasteiger partial charge in [-0.1, -0.05) is 35.9 Å². The van der Waals surface area contributed by atoms with Gasteiger partial charge in [0.15, 0.2) is 0 Å². The number of ether oxygens (including phenoxy) is 2. The van der Waals surface area contributed by atoms with Crippen LogP contribution in [0.4, 0.5) is 4.79 Å². The first-order valence-electron chi connectivity index (χ1n) is 7.60. The maximum absolute atomic E-state index is 11.4. The highest BCUT2D eigenvalue weighted by Crippen LogP contribution is 2.28. The van der Waals surface area contributed by atoms with Gasteiger partial charge in [-0.15, -0.1) is 0 Å². The molecule has 25 heavy (non-hydrogen) atoms. The molecule has 132 valence electrons. The van der Waals surface area contributed by atoms with E-state index in [9.17, 15) is 9.59 Å². The van der Waals surface area contributed by atoms with Crippen molar-refractivity contribution in [3.05, 3.63) is 70.2 Å². The molecule has 2 aromatic rings. The van der Waals surface area contributed by atoms with Gasteiger partial charge >= 0.3 is 6.09 Å². The molecule has 0 heterocycles. The Morgan fingerprint density at radius 3 is 2.48 bits per heavy atom. The molecule has 0 aliphatic heterocycles. The van der Waals surface area contributed by atoms with Crippen LogP contribution in [0, 0.1) is 0 Å². The molecule has 0 aliphatic carbocycles. The highest BCUT2D eigenvalue weighted by Gasteiger charge is 2.17. The number of benzene rings is 2. The number of alkyl carbamates (subject to hydrolysis) is 1. The maximum Gasteiger partial charge on any atom is 0.406 e. The molecule has 0 fully saturated rings. The number of nitrogens with two attached hydrogens (primary N) is 1. The van der Waals surface area contributed by atoms with Crippen molar-refractivity contribution in [2.45, 2.75) is 6.10 Å². The van der Waals surface area contributed by atoms with Crippen LogP contribution in [0.1, 0.15) is 27.6 Å². The van der Waals surface area contributed by atoms with E-state index in [4.69, 9.17) is 22.1 Å². The zero-order chi connectivity index (χ0) is 18.2. The predicted octanol–water partition coefficient (Wildman–Crippen LogP) is 2.90. The topological polar surface area (TPSA) is 90.7 Å². The van der Waals surface area contributed by atoms with Crippen LogP contribution in [0.2, 0.25) is 5.02 Å². The molecule has 2 amide bonds. The van der Waals surface area contributed by atoms with Crippen molar-refractivity contribution in [3.8, 4) is 0 Å². The quantitative estimate of drug-likeness (QED) is 0.741. The third kappa shape index (κ3) is 5.48. The van der Waals surface area contributed by atoms with Crippen LogP contribution in [0.5, 0.6) is 0 Å². The molecule has 0 saturated carbocycles. The van der Waals surface area contributed by atoms with Crippen LogP contribution in [-0.4, -0.2) is 32.3 Å². The fraction of sp³-hybridized carbons (Fsp3) is 0.222. The number of halogens is 1.